The Morgan fingerprint density at radius 3 is 1.48 bits per heavy atom. The lowest BCUT2D eigenvalue weighted by molar-refractivity contribution is 0.110. The monoisotopic (exact) mass is 1100 g/mol. The number of likely N-dealkylation sites (tertiary alicyclic amines) is 2. The van der Waals surface area contributed by atoms with Crippen molar-refractivity contribution >= 4 is 45.5 Å². The number of carbonyl (C=O) groups is 2. The fourth-order valence-corrected chi connectivity index (χ4v) is 11.9. The van der Waals surface area contributed by atoms with Crippen LogP contribution in [0.25, 0.3) is 22.3 Å². The number of anilines is 2. The van der Waals surface area contributed by atoms with Crippen LogP contribution in [-0.2, 0) is 47.7 Å². The highest BCUT2D eigenvalue weighted by atomic mass is 32.2. The van der Waals surface area contributed by atoms with E-state index in [0.29, 0.717) is 27.3 Å². The smallest absolute Gasteiger partial charge is 0.417 e. The van der Waals surface area contributed by atoms with Crippen LogP contribution in [0.1, 0.15) is 71.9 Å². The third kappa shape index (κ3) is 15.1. The summed E-state index contributed by atoms with van der Waals surface area (Å²) in [4.78, 5) is 40.6. The van der Waals surface area contributed by atoms with E-state index in [-0.39, 0.29) is 12.2 Å². The van der Waals surface area contributed by atoms with Gasteiger partial charge in [-0.15, -0.1) is 0 Å². The molecule has 3 amide bonds. The van der Waals surface area contributed by atoms with Crippen LogP contribution in [0.2, 0.25) is 0 Å². The molecule has 2 aliphatic carbocycles. The number of fused-ring (bicyclic) bond motifs is 2. The van der Waals surface area contributed by atoms with E-state index in [1.54, 1.807) is 73.1 Å². The largest absolute Gasteiger partial charge is 0.474 e. The Bertz CT molecular complexity index is 3260. The maximum atomic E-state index is 13.0. The molecule has 0 radical (unpaired) electrons. The molecule has 2 fully saturated rings. The molecule has 2 unspecified atom stereocenters. The molecule has 0 bridgehead atoms. The van der Waals surface area contributed by atoms with Gasteiger partial charge in [-0.05, 0) is 185 Å². The number of aromatic nitrogens is 2. The number of para-hydroxylation sites is 1. The highest BCUT2D eigenvalue weighted by Crippen LogP contribution is 2.43. The van der Waals surface area contributed by atoms with Crippen molar-refractivity contribution in [3.63, 3.8) is 0 Å². The SMILES string of the molecule is Cc1cc2c(c(NC(=O)NS(=O)c3ccccc3)c1-c1ccnc(OC3CCN(C)CC3)c1)CCC2.Cc1cc2c(c(NC(=O)Oc3ccccc3)c1-c1ccnc(OC3CCN(C)CC3)c1)CCC2.NS(=O)c1ccccc1. The average molecular weight is 1100 g/mol. The lowest BCUT2D eigenvalue weighted by atomic mass is 9.93. The van der Waals surface area contributed by atoms with Crippen molar-refractivity contribution in [1.82, 2.24) is 24.5 Å². The summed E-state index contributed by atoms with van der Waals surface area (Å²) in [5, 5.41) is 11.2. The van der Waals surface area contributed by atoms with Crippen LogP contribution in [-0.4, -0.2) is 92.8 Å². The molecule has 17 heteroatoms. The van der Waals surface area contributed by atoms with Crippen molar-refractivity contribution in [3.05, 3.63) is 173 Å². The number of nitrogens with two attached hydrogens (primary N) is 1. The topological polar surface area (TPSA) is 190 Å². The van der Waals surface area contributed by atoms with Crippen LogP contribution in [0, 0.1) is 13.8 Å². The molecular weight excluding hydrogens is 1030 g/mol. The van der Waals surface area contributed by atoms with E-state index in [1.807, 2.05) is 54.6 Å². The number of nitrogens with one attached hydrogen (secondary N) is 3. The van der Waals surface area contributed by atoms with Gasteiger partial charge in [-0.25, -0.2) is 33.1 Å². The van der Waals surface area contributed by atoms with E-state index in [4.69, 9.17) is 19.3 Å². The number of urea groups is 1. The Morgan fingerprint density at radius 1 is 0.582 bits per heavy atom. The van der Waals surface area contributed by atoms with Gasteiger partial charge in [0, 0.05) is 61.8 Å². The zero-order chi connectivity index (χ0) is 55.3. The van der Waals surface area contributed by atoms with Crippen LogP contribution in [0.4, 0.5) is 21.0 Å². The van der Waals surface area contributed by atoms with Crippen molar-refractivity contribution in [3.8, 4) is 39.8 Å². The number of amides is 3. The van der Waals surface area contributed by atoms with Crippen molar-refractivity contribution in [2.45, 2.75) is 100 Å². The van der Waals surface area contributed by atoms with Gasteiger partial charge in [0.25, 0.3) is 0 Å². The molecule has 7 aromatic rings. The van der Waals surface area contributed by atoms with Crippen LogP contribution in [0.15, 0.2) is 150 Å². The molecule has 79 heavy (non-hydrogen) atoms. The number of carbonyl (C=O) groups excluding carboxylic acids is 2. The zero-order valence-corrected chi connectivity index (χ0v) is 47.0. The minimum absolute atomic E-state index is 0.154. The van der Waals surface area contributed by atoms with Gasteiger partial charge in [0.05, 0.1) is 21.2 Å². The molecule has 2 atom stereocenters. The number of pyridine rings is 2. The number of ether oxygens (including phenoxy) is 3. The molecule has 5 N–H and O–H groups in total. The lowest BCUT2D eigenvalue weighted by Gasteiger charge is -2.29. The number of nitrogens with zero attached hydrogens (tertiary/aromatic N) is 4. The number of hydrogen-bond donors (Lipinski definition) is 4. The summed E-state index contributed by atoms with van der Waals surface area (Å²) in [7, 11) is 1.30. The maximum absolute atomic E-state index is 13.0. The molecule has 2 aromatic heterocycles. The van der Waals surface area contributed by atoms with Gasteiger partial charge in [-0.3, -0.25) is 10.0 Å². The summed E-state index contributed by atoms with van der Waals surface area (Å²) in [5.74, 6) is 1.75. The lowest BCUT2D eigenvalue weighted by Crippen LogP contribution is -2.35. The van der Waals surface area contributed by atoms with Crippen molar-refractivity contribution < 1.29 is 32.2 Å². The quantitative estimate of drug-likeness (QED) is 0.0911. The number of aryl methyl sites for hydroxylation is 4. The van der Waals surface area contributed by atoms with Gasteiger partial charge in [-0.1, -0.05) is 66.7 Å². The van der Waals surface area contributed by atoms with Gasteiger partial charge in [-0.2, -0.15) is 0 Å². The molecule has 412 valence electrons. The van der Waals surface area contributed by atoms with Gasteiger partial charge < -0.3 is 29.3 Å². The van der Waals surface area contributed by atoms with Gasteiger partial charge in [0.1, 0.15) is 28.9 Å². The first-order valence-electron chi connectivity index (χ1n) is 27.1. The summed E-state index contributed by atoms with van der Waals surface area (Å²) < 4.78 is 43.8. The molecular formula is C62H70N8O7S2. The Kier molecular flexibility index (Phi) is 19.3. The first-order chi connectivity index (χ1) is 38.3. The zero-order valence-electron chi connectivity index (χ0n) is 45.4. The molecule has 15 nitrogen and oxygen atoms in total. The van der Waals surface area contributed by atoms with E-state index < -0.39 is 34.1 Å². The van der Waals surface area contributed by atoms with Crippen LogP contribution in [0.5, 0.6) is 17.5 Å². The van der Waals surface area contributed by atoms with Crippen molar-refractivity contribution in [2.75, 3.05) is 50.9 Å². The minimum atomic E-state index is -1.65. The first kappa shape index (κ1) is 56.4. The second-order valence-corrected chi connectivity index (χ2v) is 22.7. The number of benzene rings is 5. The number of rotatable bonds is 12. The summed E-state index contributed by atoms with van der Waals surface area (Å²) in [6.45, 7) is 8.26. The summed E-state index contributed by atoms with van der Waals surface area (Å²) in [5.41, 5.74) is 12.6. The Morgan fingerprint density at radius 2 is 1.03 bits per heavy atom. The van der Waals surface area contributed by atoms with Crippen LogP contribution >= 0.6 is 0 Å². The van der Waals surface area contributed by atoms with Crippen LogP contribution < -0.4 is 34.7 Å². The molecule has 0 spiro atoms. The third-order valence-electron chi connectivity index (χ3n) is 14.7. The van der Waals surface area contributed by atoms with E-state index in [9.17, 15) is 18.0 Å². The average Bonchev–Trinajstić information content (AvgIpc) is 4.29. The van der Waals surface area contributed by atoms with Crippen molar-refractivity contribution in [1.29, 1.82) is 0 Å². The van der Waals surface area contributed by atoms with E-state index in [2.05, 4.69) is 75.2 Å². The van der Waals surface area contributed by atoms with Gasteiger partial charge in [0.2, 0.25) is 11.8 Å². The molecule has 0 saturated carbocycles. The summed E-state index contributed by atoms with van der Waals surface area (Å²) in [6.07, 6.45) is 13.3. The summed E-state index contributed by atoms with van der Waals surface area (Å²) in [6, 6.07) is 38.9. The third-order valence-corrected chi connectivity index (χ3v) is 16.5. The molecule has 4 heterocycles. The highest BCUT2D eigenvalue weighted by molar-refractivity contribution is 7.83. The first-order valence-corrected chi connectivity index (χ1v) is 29.4. The molecule has 4 aliphatic rings. The highest BCUT2D eigenvalue weighted by Gasteiger charge is 2.27. The minimum Gasteiger partial charge on any atom is -0.474 e. The second-order valence-electron chi connectivity index (χ2n) is 20.5. The number of hydrogen-bond acceptors (Lipinski definition) is 11. The predicted octanol–water partition coefficient (Wildman–Crippen LogP) is 11.2. The predicted molar refractivity (Wildman–Crippen MR) is 313 cm³/mol. The standard InChI is InChI=1S/C28H32N4O3S.C28H31N3O3.C6H7NOS/c1-19-17-20-7-6-10-24(20)27(30-28(33)31-36(34)23-8-4-3-5-9-23)26(19)21-11-14-29-25(18-21)35-22-12-15-32(2)16-13-22;1-19-17-20-7-6-10-24(20)27(30-28(32)34-22-8-4-3-5-9-22)26(19)21-11-14-29-25(18-21)33-23-12-15-31(2)16-13-23;7-9(8)6-4-2-1-3-5-6/h3-5,8-9,11,14,17-18,22H,6-7,10,12-13,15-16H2,1-2H3,(H2,30,31,33);3-5,8-9,11,14,17-18,23H,6-7,10,12-13,15-16H2,1-2H3,(H,30,32);1-5H,7H2. The molecule has 5 aromatic carbocycles. The Hall–Kier alpha value is -7.28. The van der Waals surface area contributed by atoms with E-state index >= 15 is 0 Å². The maximum Gasteiger partial charge on any atom is 0.417 e. The number of piperidine rings is 2. The normalized spacial score (nSPS) is 16.1. The van der Waals surface area contributed by atoms with Gasteiger partial charge >= 0.3 is 12.1 Å². The Balaban J connectivity index is 0.000000166. The Labute approximate surface area is 468 Å². The fraction of sp³-hybridized carbons (Fsp3) is 0.323. The molecule has 2 aliphatic heterocycles. The second kappa shape index (κ2) is 27.1. The van der Waals surface area contributed by atoms with Gasteiger partial charge in [0.15, 0.2) is 11.0 Å². The summed E-state index contributed by atoms with van der Waals surface area (Å²) >= 11 is 0. The van der Waals surface area contributed by atoms with E-state index in [0.717, 1.165) is 141 Å². The molecule has 11 rings (SSSR count). The van der Waals surface area contributed by atoms with Crippen molar-refractivity contribution in [2.24, 2.45) is 5.14 Å². The fourth-order valence-electron chi connectivity index (χ4n) is 10.7. The molecule has 2 saturated heterocycles. The van der Waals surface area contributed by atoms with Crippen LogP contribution in [0.3, 0.4) is 0 Å². The van der Waals surface area contributed by atoms with E-state index in [1.165, 1.54) is 16.7 Å².